The molecule has 0 bridgehead atoms. The fraction of sp³-hybridized carbons (Fsp3) is 0.385. The van der Waals surface area contributed by atoms with Gasteiger partial charge in [-0.25, -0.2) is 0 Å². The molecule has 5 nitrogen and oxygen atoms in total. The highest BCUT2D eigenvalue weighted by molar-refractivity contribution is 5.82. The first kappa shape index (κ1) is 12.4. The van der Waals surface area contributed by atoms with Crippen molar-refractivity contribution in [3.05, 3.63) is 29.8 Å². The Morgan fingerprint density at radius 2 is 2.11 bits per heavy atom. The van der Waals surface area contributed by atoms with Gasteiger partial charge in [0.05, 0.1) is 5.69 Å². The molecule has 0 spiro atoms. The SMILES string of the molecule is CN1C(=O)CCN1c1ccccc1CCC(=O)O. The lowest BCUT2D eigenvalue weighted by molar-refractivity contribution is -0.137. The van der Waals surface area contributed by atoms with E-state index in [1.165, 1.54) is 0 Å². The predicted molar refractivity (Wildman–Crippen MR) is 67.1 cm³/mol. The van der Waals surface area contributed by atoms with Crippen LogP contribution in [0.2, 0.25) is 0 Å². The fourth-order valence-corrected chi connectivity index (χ4v) is 2.15. The van der Waals surface area contributed by atoms with Gasteiger partial charge in [0.15, 0.2) is 0 Å². The van der Waals surface area contributed by atoms with E-state index in [0.29, 0.717) is 19.4 Å². The highest BCUT2D eigenvalue weighted by Gasteiger charge is 2.26. The maximum atomic E-state index is 11.5. The third-order valence-corrected chi connectivity index (χ3v) is 3.14. The van der Waals surface area contributed by atoms with Gasteiger partial charge in [0.25, 0.3) is 0 Å². The standard InChI is InChI=1S/C13H16N2O3/c1-14-12(16)8-9-15(14)11-5-3-2-4-10(11)6-7-13(17)18/h2-5H,6-9H2,1H3,(H,17,18). The molecule has 5 heteroatoms. The molecule has 1 aromatic carbocycles. The lowest BCUT2D eigenvalue weighted by atomic mass is 10.1. The highest BCUT2D eigenvalue weighted by Crippen LogP contribution is 2.26. The van der Waals surface area contributed by atoms with Gasteiger partial charge in [-0.05, 0) is 18.1 Å². The molecule has 1 aromatic rings. The van der Waals surface area contributed by atoms with E-state index in [2.05, 4.69) is 0 Å². The van der Waals surface area contributed by atoms with Crippen LogP contribution in [0, 0.1) is 0 Å². The van der Waals surface area contributed by atoms with E-state index in [4.69, 9.17) is 5.11 Å². The van der Waals surface area contributed by atoms with E-state index < -0.39 is 5.97 Å². The number of amides is 1. The van der Waals surface area contributed by atoms with Gasteiger partial charge in [0.1, 0.15) is 0 Å². The van der Waals surface area contributed by atoms with Gasteiger partial charge in [0.2, 0.25) is 5.91 Å². The second-order valence-corrected chi connectivity index (χ2v) is 4.31. The first-order valence-corrected chi connectivity index (χ1v) is 5.93. The van der Waals surface area contributed by atoms with Crippen LogP contribution in [-0.2, 0) is 16.0 Å². The largest absolute Gasteiger partial charge is 0.481 e. The minimum atomic E-state index is -0.810. The molecule has 96 valence electrons. The van der Waals surface area contributed by atoms with Crippen molar-refractivity contribution in [1.82, 2.24) is 5.01 Å². The molecular weight excluding hydrogens is 232 g/mol. The first-order chi connectivity index (χ1) is 8.59. The zero-order valence-electron chi connectivity index (χ0n) is 10.3. The Morgan fingerprint density at radius 3 is 2.72 bits per heavy atom. The molecule has 1 heterocycles. The summed E-state index contributed by atoms with van der Waals surface area (Å²) in [6.07, 6.45) is 1.08. The normalized spacial score (nSPS) is 15.3. The molecule has 2 rings (SSSR count). The monoisotopic (exact) mass is 248 g/mol. The molecule has 0 aromatic heterocycles. The number of aryl methyl sites for hydroxylation is 1. The molecule has 1 fully saturated rings. The van der Waals surface area contributed by atoms with Crippen LogP contribution >= 0.6 is 0 Å². The van der Waals surface area contributed by atoms with E-state index >= 15 is 0 Å². The number of aliphatic carboxylic acids is 1. The number of carbonyl (C=O) groups is 2. The smallest absolute Gasteiger partial charge is 0.303 e. The third-order valence-electron chi connectivity index (χ3n) is 3.14. The van der Waals surface area contributed by atoms with E-state index in [1.807, 2.05) is 29.3 Å². The molecule has 1 amide bonds. The van der Waals surface area contributed by atoms with Gasteiger partial charge >= 0.3 is 5.97 Å². The number of benzene rings is 1. The Bertz CT molecular complexity index is 473. The van der Waals surface area contributed by atoms with E-state index in [9.17, 15) is 9.59 Å². The Kier molecular flexibility index (Phi) is 3.50. The van der Waals surface area contributed by atoms with Crippen molar-refractivity contribution in [2.45, 2.75) is 19.3 Å². The summed E-state index contributed by atoms with van der Waals surface area (Å²) in [5.41, 5.74) is 1.88. The van der Waals surface area contributed by atoms with Crippen LogP contribution in [0.1, 0.15) is 18.4 Å². The van der Waals surface area contributed by atoms with Gasteiger partial charge in [-0.15, -0.1) is 0 Å². The summed E-state index contributed by atoms with van der Waals surface area (Å²) in [6, 6.07) is 7.62. The lowest BCUT2D eigenvalue weighted by Crippen LogP contribution is -2.36. The van der Waals surface area contributed by atoms with E-state index in [0.717, 1.165) is 11.3 Å². The number of carboxylic acid groups (broad SMARTS) is 1. The van der Waals surface area contributed by atoms with Crippen LogP contribution in [-0.4, -0.2) is 35.6 Å². The number of carboxylic acids is 1. The molecular formula is C13H16N2O3. The Labute approximate surface area is 106 Å². The van der Waals surface area contributed by atoms with Crippen molar-refractivity contribution in [3.8, 4) is 0 Å². The third kappa shape index (κ3) is 2.45. The van der Waals surface area contributed by atoms with Gasteiger partial charge in [-0.1, -0.05) is 18.2 Å². The van der Waals surface area contributed by atoms with E-state index in [-0.39, 0.29) is 12.3 Å². The summed E-state index contributed by atoms with van der Waals surface area (Å²) in [6.45, 7) is 0.652. The molecule has 1 aliphatic heterocycles. The van der Waals surface area contributed by atoms with Gasteiger partial charge < -0.3 is 5.11 Å². The second kappa shape index (κ2) is 5.08. The number of hydrazine groups is 1. The summed E-state index contributed by atoms with van der Waals surface area (Å²) in [5, 5.41) is 12.2. The van der Waals surface area contributed by atoms with Gasteiger partial charge in [-0.2, -0.15) is 0 Å². The average Bonchev–Trinajstić information content (AvgIpc) is 2.68. The summed E-state index contributed by atoms with van der Waals surface area (Å²) < 4.78 is 0. The van der Waals surface area contributed by atoms with Crippen molar-refractivity contribution in [2.24, 2.45) is 0 Å². The molecule has 0 aliphatic carbocycles. The van der Waals surface area contributed by atoms with Gasteiger partial charge in [0, 0.05) is 26.4 Å². The topological polar surface area (TPSA) is 60.9 Å². The molecule has 0 atom stereocenters. The summed E-state index contributed by atoms with van der Waals surface area (Å²) in [4.78, 5) is 22.2. The summed E-state index contributed by atoms with van der Waals surface area (Å²) in [7, 11) is 1.74. The van der Waals surface area contributed by atoms with Crippen LogP contribution in [0.4, 0.5) is 5.69 Å². The Hall–Kier alpha value is -2.04. The quantitative estimate of drug-likeness (QED) is 0.872. The van der Waals surface area contributed by atoms with Crippen LogP contribution in [0.3, 0.4) is 0 Å². The van der Waals surface area contributed by atoms with Crippen molar-refractivity contribution in [2.75, 3.05) is 18.6 Å². The van der Waals surface area contributed by atoms with Crippen LogP contribution < -0.4 is 5.01 Å². The minimum absolute atomic E-state index is 0.0861. The number of carbonyl (C=O) groups excluding carboxylic acids is 1. The van der Waals surface area contributed by atoms with Gasteiger partial charge in [-0.3, -0.25) is 19.6 Å². The zero-order valence-corrected chi connectivity index (χ0v) is 10.3. The Balaban J connectivity index is 2.22. The molecule has 18 heavy (non-hydrogen) atoms. The van der Waals surface area contributed by atoms with E-state index in [1.54, 1.807) is 12.1 Å². The highest BCUT2D eigenvalue weighted by atomic mass is 16.4. The summed E-state index contributed by atoms with van der Waals surface area (Å²) in [5.74, 6) is -0.723. The summed E-state index contributed by atoms with van der Waals surface area (Å²) >= 11 is 0. The number of hydrogen-bond donors (Lipinski definition) is 1. The molecule has 0 radical (unpaired) electrons. The second-order valence-electron chi connectivity index (χ2n) is 4.31. The molecule has 1 N–H and O–H groups in total. The maximum absolute atomic E-state index is 11.5. The Morgan fingerprint density at radius 1 is 1.39 bits per heavy atom. The zero-order chi connectivity index (χ0) is 13.1. The van der Waals surface area contributed by atoms with Crippen molar-refractivity contribution in [1.29, 1.82) is 0 Å². The van der Waals surface area contributed by atoms with Crippen LogP contribution in [0.25, 0.3) is 0 Å². The molecule has 0 saturated carbocycles. The van der Waals surface area contributed by atoms with Crippen molar-refractivity contribution < 1.29 is 14.7 Å². The molecule has 1 saturated heterocycles. The number of rotatable bonds is 4. The van der Waals surface area contributed by atoms with Crippen molar-refractivity contribution >= 4 is 17.6 Å². The molecule has 1 aliphatic rings. The fourth-order valence-electron chi connectivity index (χ4n) is 2.15. The van der Waals surface area contributed by atoms with Crippen LogP contribution in [0.5, 0.6) is 0 Å². The maximum Gasteiger partial charge on any atom is 0.303 e. The predicted octanol–water partition coefficient (Wildman–Crippen LogP) is 1.29. The number of para-hydroxylation sites is 1. The number of nitrogens with zero attached hydrogens (tertiary/aromatic N) is 2. The van der Waals surface area contributed by atoms with Crippen molar-refractivity contribution in [3.63, 3.8) is 0 Å². The first-order valence-electron chi connectivity index (χ1n) is 5.93. The minimum Gasteiger partial charge on any atom is -0.481 e. The number of anilines is 1. The molecule has 0 unspecified atom stereocenters. The average molecular weight is 248 g/mol. The number of hydrogen-bond acceptors (Lipinski definition) is 3. The van der Waals surface area contributed by atoms with Crippen LogP contribution in [0.15, 0.2) is 24.3 Å². The lowest BCUT2D eigenvalue weighted by Gasteiger charge is -2.28.